The Hall–Kier alpha value is -0.130. The van der Waals surface area contributed by atoms with Gasteiger partial charge in [-0.1, -0.05) is 0 Å². The summed E-state index contributed by atoms with van der Waals surface area (Å²) in [6.45, 7) is 2.29. The highest BCUT2D eigenvalue weighted by Gasteiger charge is 2.26. The molecule has 0 radical (unpaired) electrons. The van der Waals surface area contributed by atoms with Crippen LogP contribution in [0.15, 0.2) is 0 Å². The lowest BCUT2D eigenvalue weighted by atomic mass is 10.1. The number of rotatable bonds is 2. The third-order valence-corrected chi connectivity index (χ3v) is 5.71. The van der Waals surface area contributed by atoms with Gasteiger partial charge in [0.15, 0.2) is 9.84 Å². The van der Waals surface area contributed by atoms with Crippen LogP contribution in [0.25, 0.3) is 0 Å². The van der Waals surface area contributed by atoms with Gasteiger partial charge in [-0.25, -0.2) is 8.42 Å². The van der Waals surface area contributed by atoms with Gasteiger partial charge in [0, 0.05) is 12.1 Å². The van der Waals surface area contributed by atoms with E-state index in [1.165, 1.54) is 19.4 Å². The quantitative estimate of drug-likeness (QED) is 0.791. The van der Waals surface area contributed by atoms with Crippen LogP contribution in [-0.4, -0.2) is 57.0 Å². The van der Waals surface area contributed by atoms with Crippen molar-refractivity contribution in [2.75, 3.05) is 31.6 Å². The van der Waals surface area contributed by atoms with E-state index in [0.29, 0.717) is 17.5 Å². The van der Waals surface area contributed by atoms with Crippen LogP contribution in [0.1, 0.15) is 32.1 Å². The third-order valence-electron chi connectivity index (χ3n) is 3.89. The number of hydrogen-bond donors (Lipinski definition) is 1. The second-order valence-corrected chi connectivity index (χ2v) is 7.78. The molecular weight excluding hydrogens is 236 g/mol. The SMILES string of the molecule is CN1CCCC(NC2CCCS(=O)(=O)C2)CC1. The summed E-state index contributed by atoms with van der Waals surface area (Å²) in [6.07, 6.45) is 5.39. The van der Waals surface area contributed by atoms with Crippen LogP contribution in [0.4, 0.5) is 0 Å². The van der Waals surface area contributed by atoms with Crippen LogP contribution in [0.3, 0.4) is 0 Å². The lowest BCUT2D eigenvalue weighted by Gasteiger charge is -2.27. The molecule has 17 heavy (non-hydrogen) atoms. The summed E-state index contributed by atoms with van der Waals surface area (Å²) < 4.78 is 23.1. The summed E-state index contributed by atoms with van der Waals surface area (Å²) in [4.78, 5) is 2.36. The summed E-state index contributed by atoms with van der Waals surface area (Å²) in [5.41, 5.74) is 0. The molecule has 0 aromatic carbocycles. The summed E-state index contributed by atoms with van der Waals surface area (Å²) in [7, 11) is -0.615. The van der Waals surface area contributed by atoms with Crippen molar-refractivity contribution in [3.05, 3.63) is 0 Å². The van der Waals surface area contributed by atoms with Gasteiger partial charge in [-0.2, -0.15) is 0 Å². The molecule has 0 aliphatic carbocycles. The van der Waals surface area contributed by atoms with Gasteiger partial charge in [-0.15, -0.1) is 0 Å². The molecule has 0 bridgehead atoms. The van der Waals surface area contributed by atoms with E-state index in [-0.39, 0.29) is 6.04 Å². The molecule has 2 saturated heterocycles. The second-order valence-electron chi connectivity index (χ2n) is 5.55. The molecule has 2 rings (SSSR count). The Morgan fingerprint density at radius 1 is 1.06 bits per heavy atom. The van der Waals surface area contributed by atoms with Gasteiger partial charge in [-0.3, -0.25) is 0 Å². The Morgan fingerprint density at radius 2 is 1.82 bits per heavy atom. The van der Waals surface area contributed by atoms with Gasteiger partial charge in [-0.05, 0) is 52.2 Å². The van der Waals surface area contributed by atoms with Crippen molar-refractivity contribution in [2.45, 2.75) is 44.2 Å². The van der Waals surface area contributed by atoms with Crippen molar-refractivity contribution >= 4 is 9.84 Å². The zero-order chi connectivity index (χ0) is 12.3. The fourth-order valence-corrected chi connectivity index (χ4v) is 4.54. The number of nitrogens with one attached hydrogen (secondary N) is 1. The molecule has 0 saturated carbocycles. The molecule has 1 N–H and O–H groups in total. The third kappa shape index (κ3) is 4.23. The summed E-state index contributed by atoms with van der Waals surface area (Å²) in [6, 6.07) is 0.709. The smallest absolute Gasteiger partial charge is 0.151 e. The van der Waals surface area contributed by atoms with Gasteiger partial charge in [0.25, 0.3) is 0 Å². The van der Waals surface area contributed by atoms with Gasteiger partial charge < -0.3 is 10.2 Å². The van der Waals surface area contributed by atoms with E-state index in [0.717, 1.165) is 25.8 Å². The molecule has 0 aromatic heterocycles. The molecule has 0 amide bonds. The predicted octanol–water partition coefficient (Wildman–Crippen LogP) is 0.638. The Labute approximate surface area is 105 Å². The molecule has 0 spiro atoms. The Balaban J connectivity index is 1.83. The molecule has 2 fully saturated rings. The van der Waals surface area contributed by atoms with E-state index >= 15 is 0 Å². The van der Waals surface area contributed by atoms with Gasteiger partial charge in [0.1, 0.15) is 0 Å². The predicted molar refractivity (Wildman–Crippen MR) is 69.9 cm³/mol. The minimum absolute atomic E-state index is 0.196. The van der Waals surface area contributed by atoms with Crippen molar-refractivity contribution in [3.8, 4) is 0 Å². The van der Waals surface area contributed by atoms with Crippen molar-refractivity contribution in [1.82, 2.24) is 10.2 Å². The Morgan fingerprint density at radius 3 is 2.59 bits per heavy atom. The normalized spacial score (nSPS) is 35.4. The van der Waals surface area contributed by atoms with Crippen molar-refractivity contribution in [1.29, 1.82) is 0 Å². The maximum absolute atomic E-state index is 11.6. The van der Waals surface area contributed by atoms with Crippen LogP contribution < -0.4 is 5.32 Å². The first kappa shape index (κ1) is 13.3. The maximum Gasteiger partial charge on any atom is 0.151 e. The molecular formula is C12H24N2O2S. The van der Waals surface area contributed by atoms with Crippen LogP contribution in [0.2, 0.25) is 0 Å². The topological polar surface area (TPSA) is 49.4 Å². The number of sulfone groups is 1. The maximum atomic E-state index is 11.6. The average Bonchev–Trinajstić information content (AvgIpc) is 2.42. The fraction of sp³-hybridized carbons (Fsp3) is 1.00. The van der Waals surface area contributed by atoms with Crippen molar-refractivity contribution < 1.29 is 8.42 Å². The molecule has 2 atom stereocenters. The van der Waals surface area contributed by atoms with Gasteiger partial charge in [0.05, 0.1) is 11.5 Å². The zero-order valence-electron chi connectivity index (χ0n) is 10.7. The lowest BCUT2D eigenvalue weighted by Crippen LogP contribution is -2.45. The van der Waals surface area contributed by atoms with Crippen molar-refractivity contribution in [2.24, 2.45) is 0 Å². The molecule has 4 nitrogen and oxygen atoms in total. The molecule has 2 aliphatic rings. The Bertz CT molecular complexity index is 342. The number of likely N-dealkylation sites (tertiary alicyclic amines) is 1. The Kier molecular flexibility index (Phi) is 4.44. The zero-order valence-corrected chi connectivity index (χ0v) is 11.5. The summed E-state index contributed by atoms with van der Waals surface area (Å²) >= 11 is 0. The number of hydrogen-bond acceptors (Lipinski definition) is 4. The first-order valence-corrected chi connectivity index (χ1v) is 8.52. The standard InChI is InChI=1S/C12H24N2O2S/c1-14-7-2-4-11(6-8-14)13-12-5-3-9-17(15,16)10-12/h11-13H,2-10H2,1H3. The highest BCUT2D eigenvalue weighted by Crippen LogP contribution is 2.16. The molecule has 2 unspecified atom stereocenters. The van der Waals surface area contributed by atoms with E-state index in [1.807, 2.05) is 0 Å². The van der Waals surface area contributed by atoms with Crippen LogP contribution in [0.5, 0.6) is 0 Å². The molecule has 5 heteroatoms. The van der Waals surface area contributed by atoms with Gasteiger partial charge in [0.2, 0.25) is 0 Å². The molecule has 2 aliphatic heterocycles. The summed E-state index contributed by atoms with van der Waals surface area (Å²) in [5, 5.41) is 3.57. The first-order chi connectivity index (χ1) is 8.05. The molecule has 0 aromatic rings. The lowest BCUT2D eigenvalue weighted by molar-refractivity contribution is 0.337. The minimum Gasteiger partial charge on any atom is -0.310 e. The molecule has 2 heterocycles. The van der Waals surface area contributed by atoms with E-state index in [4.69, 9.17) is 0 Å². The summed E-state index contributed by atoms with van der Waals surface area (Å²) in [5.74, 6) is 0.734. The second kappa shape index (κ2) is 5.67. The van der Waals surface area contributed by atoms with E-state index in [9.17, 15) is 8.42 Å². The fourth-order valence-electron chi connectivity index (χ4n) is 2.89. The van der Waals surface area contributed by atoms with Crippen LogP contribution in [0, 0.1) is 0 Å². The largest absolute Gasteiger partial charge is 0.310 e. The van der Waals surface area contributed by atoms with Crippen LogP contribution in [-0.2, 0) is 9.84 Å². The van der Waals surface area contributed by atoms with Gasteiger partial charge >= 0.3 is 0 Å². The number of nitrogens with zero attached hydrogens (tertiary/aromatic N) is 1. The van der Waals surface area contributed by atoms with E-state index in [1.54, 1.807) is 0 Å². The highest BCUT2D eigenvalue weighted by atomic mass is 32.2. The monoisotopic (exact) mass is 260 g/mol. The molecule has 100 valence electrons. The van der Waals surface area contributed by atoms with Crippen LogP contribution >= 0.6 is 0 Å². The average molecular weight is 260 g/mol. The van der Waals surface area contributed by atoms with E-state index < -0.39 is 9.84 Å². The first-order valence-electron chi connectivity index (χ1n) is 6.70. The van der Waals surface area contributed by atoms with Crippen molar-refractivity contribution in [3.63, 3.8) is 0 Å². The van der Waals surface area contributed by atoms with E-state index in [2.05, 4.69) is 17.3 Å². The highest BCUT2D eigenvalue weighted by molar-refractivity contribution is 7.91. The minimum atomic E-state index is -2.78.